The summed E-state index contributed by atoms with van der Waals surface area (Å²) in [5.41, 5.74) is 1.76. The zero-order valence-corrected chi connectivity index (χ0v) is 25.1. The second-order valence-corrected chi connectivity index (χ2v) is 11.5. The van der Waals surface area contributed by atoms with Crippen LogP contribution in [-0.2, 0) is 26.2 Å². The Morgan fingerprint density at radius 3 is 2.29 bits per heavy atom. The van der Waals surface area contributed by atoms with Crippen LogP contribution in [0, 0.1) is 6.92 Å². The second-order valence-electron chi connectivity index (χ2n) is 9.59. The molecule has 0 aromatic heterocycles. The van der Waals surface area contributed by atoms with Crippen LogP contribution in [-0.4, -0.2) is 58.5 Å². The summed E-state index contributed by atoms with van der Waals surface area (Å²) in [6.07, 6.45) is 1.08. The number of rotatable bonds is 14. The molecule has 2 amide bonds. The molecule has 0 unspecified atom stereocenters. The molecule has 0 aliphatic carbocycles. The fourth-order valence-electron chi connectivity index (χ4n) is 4.48. The Morgan fingerprint density at radius 2 is 1.66 bits per heavy atom. The predicted octanol–water partition coefficient (Wildman–Crippen LogP) is 4.54. The first-order valence-electron chi connectivity index (χ1n) is 13.6. The van der Waals surface area contributed by atoms with E-state index in [4.69, 9.17) is 9.47 Å². The standard InChI is InChI=1S/C31H39N3O6S/c1-6-18-32-31(36)27(7-2)33(21-24-12-11-13-25(20-24)39-4)30(35)22-34(28-19-23(3)16-17-29(28)40-5)41(37,38)26-14-9-8-10-15-26/h8-17,19-20,27H,6-7,18,21-22H2,1-5H3,(H,32,36)/t27-/m1/s1. The molecule has 0 aliphatic heterocycles. The van der Waals surface area contributed by atoms with Gasteiger partial charge in [-0.2, -0.15) is 0 Å². The maximum atomic E-state index is 14.2. The van der Waals surface area contributed by atoms with Gasteiger partial charge in [-0.15, -0.1) is 0 Å². The Labute approximate surface area is 243 Å². The summed E-state index contributed by atoms with van der Waals surface area (Å²) in [5, 5.41) is 2.88. The summed E-state index contributed by atoms with van der Waals surface area (Å²) in [4.78, 5) is 28.9. The summed E-state index contributed by atoms with van der Waals surface area (Å²) in [6, 6.07) is 19.5. The van der Waals surface area contributed by atoms with Crippen molar-refractivity contribution >= 4 is 27.5 Å². The molecule has 1 N–H and O–H groups in total. The smallest absolute Gasteiger partial charge is 0.264 e. The highest BCUT2D eigenvalue weighted by Crippen LogP contribution is 2.34. The number of ether oxygens (including phenoxy) is 2. The van der Waals surface area contributed by atoms with Crippen LogP contribution >= 0.6 is 0 Å². The van der Waals surface area contributed by atoms with Crippen LogP contribution < -0.4 is 19.1 Å². The maximum Gasteiger partial charge on any atom is 0.264 e. The molecule has 0 spiro atoms. The van der Waals surface area contributed by atoms with Gasteiger partial charge in [-0.1, -0.05) is 50.2 Å². The van der Waals surface area contributed by atoms with Gasteiger partial charge in [0.1, 0.15) is 24.1 Å². The Bertz CT molecular complexity index is 1430. The van der Waals surface area contributed by atoms with Crippen molar-refractivity contribution in [1.82, 2.24) is 10.2 Å². The van der Waals surface area contributed by atoms with E-state index in [0.717, 1.165) is 21.9 Å². The van der Waals surface area contributed by atoms with E-state index in [1.165, 1.54) is 24.1 Å². The van der Waals surface area contributed by atoms with Crippen LogP contribution in [0.4, 0.5) is 5.69 Å². The lowest BCUT2D eigenvalue weighted by Crippen LogP contribution is -2.52. The Hall–Kier alpha value is -4.05. The number of carbonyl (C=O) groups excluding carboxylic acids is 2. The monoisotopic (exact) mass is 581 g/mol. The van der Waals surface area contributed by atoms with Crippen molar-refractivity contribution < 1.29 is 27.5 Å². The number of methoxy groups -OCH3 is 2. The molecule has 0 heterocycles. The van der Waals surface area contributed by atoms with E-state index in [9.17, 15) is 18.0 Å². The first kappa shape index (κ1) is 31.5. The van der Waals surface area contributed by atoms with E-state index in [0.29, 0.717) is 24.5 Å². The van der Waals surface area contributed by atoms with E-state index in [1.54, 1.807) is 61.7 Å². The third-order valence-corrected chi connectivity index (χ3v) is 8.41. The minimum Gasteiger partial charge on any atom is -0.497 e. The zero-order chi connectivity index (χ0) is 30.0. The molecular weight excluding hydrogens is 542 g/mol. The number of hydrogen-bond donors (Lipinski definition) is 1. The van der Waals surface area contributed by atoms with Crippen LogP contribution in [0.15, 0.2) is 77.7 Å². The molecule has 0 fully saturated rings. The largest absolute Gasteiger partial charge is 0.497 e. The van der Waals surface area contributed by atoms with Crippen molar-refractivity contribution in [2.75, 3.05) is 31.6 Å². The second kappa shape index (κ2) is 14.5. The van der Waals surface area contributed by atoms with E-state index in [1.807, 2.05) is 26.8 Å². The Balaban J connectivity index is 2.11. The number of nitrogens with one attached hydrogen (secondary N) is 1. The number of nitrogens with zero attached hydrogens (tertiary/aromatic N) is 2. The van der Waals surface area contributed by atoms with E-state index in [-0.39, 0.29) is 23.0 Å². The van der Waals surface area contributed by atoms with Crippen LogP contribution in [0.3, 0.4) is 0 Å². The highest BCUT2D eigenvalue weighted by Gasteiger charge is 2.34. The van der Waals surface area contributed by atoms with Crippen molar-refractivity contribution in [1.29, 1.82) is 0 Å². The van der Waals surface area contributed by atoms with Gasteiger partial charge in [0.2, 0.25) is 11.8 Å². The Kier molecular flexibility index (Phi) is 11.2. The van der Waals surface area contributed by atoms with E-state index in [2.05, 4.69) is 5.32 Å². The topological polar surface area (TPSA) is 105 Å². The molecule has 1 atom stereocenters. The minimum atomic E-state index is -4.20. The average molecular weight is 582 g/mol. The van der Waals surface area contributed by atoms with Crippen LogP contribution in [0.25, 0.3) is 0 Å². The lowest BCUT2D eigenvalue weighted by molar-refractivity contribution is -0.140. The summed E-state index contributed by atoms with van der Waals surface area (Å²) in [7, 11) is -1.20. The van der Waals surface area contributed by atoms with Gasteiger partial charge < -0.3 is 19.7 Å². The molecule has 3 aromatic rings. The van der Waals surface area contributed by atoms with Crippen molar-refractivity contribution in [3.8, 4) is 11.5 Å². The molecule has 41 heavy (non-hydrogen) atoms. The predicted molar refractivity (Wildman–Crippen MR) is 160 cm³/mol. The SMILES string of the molecule is CCCNC(=O)[C@@H](CC)N(Cc1cccc(OC)c1)C(=O)CN(c1cc(C)ccc1OC)S(=O)(=O)c1ccccc1. The molecule has 0 bridgehead atoms. The number of anilines is 1. The number of carbonyl (C=O) groups is 2. The molecule has 10 heteroatoms. The van der Waals surface area contributed by atoms with Crippen molar-refractivity contribution in [2.45, 2.75) is 51.1 Å². The molecule has 0 saturated carbocycles. The van der Waals surface area contributed by atoms with Crippen LogP contribution in [0.5, 0.6) is 11.5 Å². The fourth-order valence-corrected chi connectivity index (χ4v) is 5.92. The molecule has 0 radical (unpaired) electrons. The number of aryl methyl sites for hydroxylation is 1. The summed E-state index contributed by atoms with van der Waals surface area (Å²) >= 11 is 0. The molecular formula is C31H39N3O6S. The van der Waals surface area contributed by atoms with Crippen molar-refractivity contribution in [3.05, 3.63) is 83.9 Å². The highest BCUT2D eigenvalue weighted by molar-refractivity contribution is 7.92. The Morgan fingerprint density at radius 1 is 0.927 bits per heavy atom. The molecule has 3 aromatic carbocycles. The van der Waals surface area contributed by atoms with Crippen molar-refractivity contribution in [3.63, 3.8) is 0 Å². The van der Waals surface area contributed by atoms with Gasteiger partial charge in [-0.3, -0.25) is 13.9 Å². The van der Waals surface area contributed by atoms with Gasteiger partial charge in [0.15, 0.2) is 0 Å². The van der Waals surface area contributed by atoms with E-state index < -0.39 is 28.5 Å². The molecule has 220 valence electrons. The lowest BCUT2D eigenvalue weighted by atomic mass is 10.1. The van der Waals surface area contributed by atoms with Gasteiger partial charge in [-0.05, 0) is 67.3 Å². The first-order valence-corrected chi connectivity index (χ1v) is 15.0. The summed E-state index contributed by atoms with van der Waals surface area (Å²) < 4.78 is 40.0. The molecule has 9 nitrogen and oxygen atoms in total. The summed E-state index contributed by atoms with van der Waals surface area (Å²) in [5.74, 6) is 0.0803. The maximum absolute atomic E-state index is 14.2. The first-order chi connectivity index (χ1) is 19.7. The zero-order valence-electron chi connectivity index (χ0n) is 24.3. The van der Waals surface area contributed by atoms with Gasteiger partial charge in [0.25, 0.3) is 10.0 Å². The molecule has 0 aliphatic rings. The van der Waals surface area contributed by atoms with Gasteiger partial charge >= 0.3 is 0 Å². The number of sulfonamides is 1. The van der Waals surface area contributed by atoms with Crippen molar-refractivity contribution in [2.24, 2.45) is 0 Å². The number of hydrogen-bond acceptors (Lipinski definition) is 6. The summed E-state index contributed by atoms with van der Waals surface area (Å²) in [6.45, 7) is 5.60. The lowest BCUT2D eigenvalue weighted by Gasteiger charge is -2.33. The minimum absolute atomic E-state index is 0.0310. The molecule has 3 rings (SSSR count). The third-order valence-electron chi connectivity index (χ3n) is 6.64. The van der Waals surface area contributed by atoms with Gasteiger partial charge in [-0.25, -0.2) is 8.42 Å². The third kappa shape index (κ3) is 7.79. The number of amides is 2. The fraction of sp³-hybridized carbons (Fsp3) is 0.355. The number of benzene rings is 3. The normalized spacial score (nSPS) is 11.8. The average Bonchev–Trinajstić information content (AvgIpc) is 2.98. The van der Waals surface area contributed by atoms with Gasteiger partial charge in [0.05, 0.1) is 24.8 Å². The van der Waals surface area contributed by atoms with Gasteiger partial charge in [0, 0.05) is 13.1 Å². The highest BCUT2D eigenvalue weighted by atomic mass is 32.2. The van der Waals surface area contributed by atoms with E-state index >= 15 is 0 Å². The molecule has 0 saturated heterocycles. The van der Waals surface area contributed by atoms with Crippen LogP contribution in [0.2, 0.25) is 0 Å². The quantitative estimate of drug-likeness (QED) is 0.300. The van der Waals surface area contributed by atoms with Crippen LogP contribution in [0.1, 0.15) is 37.8 Å².